The molecule has 1 atom stereocenters. The van der Waals surface area contributed by atoms with Crippen molar-refractivity contribution < 1.29 is 0 Å². The predicted molar refractivity (Wildman–Crippen MR) is 165 cm³/mol. The van der Waals surface area contributed by atoms with E-state index in [0.29, 0.717) is 5.02 Å². The summed E-state index contributed by atoms with van der Waals surface area (Å²) >= 11 is 14.2. The fourth-order valence-corrected chi connectivity index (χ4v) is 6.50. The summed E-state index contributed by atoms with van der Waals surface area (Å²) < 4.78 is 2.71. The third-order valence-corrected chi connectivity index (χ3v) is 9.06. The van der Waals surface area contributed by atoms with Crippen LogP contribution in [0.4, 0.5) is 5.82 Å². The van der Waals surface area contributed by atoms with Crippen LogP contribution in [0, 0.1) is 0 Å². The normalized spacial score (nSPS) is 16.6. The van der Waals surface area contributed by atoms with Crippen LogP contribution in [0.3, 0.4) is 0 Å². The van der Waals surface area contributed by atoms with Crippen LogP contribution in [-0.2, 0) is 10.9 Å². The third-order valence-electron chi connectivity index (χ3n) is 7.11. The van der Waals surface area contributed by atoms with E-state index < -0.39 is 5.54 Å². The van der Waals surface area contributed by atoms with Gasteiger partial charge < -0.3 is 0 Å². The molecule has 0 bridgehead atoms. The molecule has 2 heterocycles. The minimum Gasteiger partial charge on any atom is -0.256 e. The Morgan fingerprint density at radius 3 is 1.69 bits per heavy atom. The summed E-state index contributed by atoms with van der Waals surface area (Å²) in [6.07, 6.45) is 1.80. The smallest absolute Gasteiger partial charge is 0.250 e. The van der Waals surface area contributed by atoms with Crippen molar-refractivity contribution in [2.75, 3.05) is 0 Å². The molecule has 1 aliphatic rings. The maximum absolute atomic E-state index is 6.87. The molecule has 0 saturated heterocycles. The van der Waals surface area contributed by atoms with Crippen molar-refractivity contribution in [2.24, 2.45) is 15.5 Å². The van der Waals surface area contributed by atoms with Crippen LogP contribution in [0.15, 0.2) is 141 Å². The zero-order chi connectivity index (χ0) is 26.9. The Morgan fingerprint density at radius 1 is 0.744 bits per heavy atom. The second kappa shape index (κ2) is 10.7. The van der Waals surface area contributed by atoms with Gasteiger partial charge in [-0.05, 0) is 33.6 Å². The largest absolute Gasteiger partial charge is 0.256 e. The van der Waals surface area contributed by atoms with Gasteiger partial charge in [0.2, 0.25) is 11.9 Å². The first-order valence-electron chi connectivity index (χ1n) is 12.4. The van der Waals surface area contributed by atoms with Gasteiger partial charge in [0.25, 0.3) is 5.82 Å². The van der Waals surface area contributed by atoms with Crippen LogP contribution in [0.2, 0.25) is 5.02 Å². The van der Waals surface area contributed by atoms with Crippen LogP contribution >= 0.6 is 43.5 Å². The Hall–Kier alpha value is -3.36. The Labute approximate surface area is 248 Å². The number of aromatic nitrogens is 1. The van der Waals surface area contributed by atoms with Gasteiger partial charge in [0.1, 0.15) is 4.60 Å². The number of hydrogen-bond acceptors (Lipinski definition) is 3. The molecule has 0 aliphatic carbocycles. The van der Waals surface area contributed by atoms with Gasteiger partial charge in [0.05, 0.1) is 15.9 Å². The van der Waals surface area contributed by atoms with E-state index in [4.69, 9.17) is 16.8 Å². The van der Waals surface area contributed by atoms with E-state index in [1.807, 2.05) is 24.3 Å². The van der Waals surface area contributed by atoms with Crippen molar-refractivity contribution in [2.45, 2.75) is 10.9 Å². The molecule has 0 saturated carbocycles. The first-order chi connectivity index (χ1) is 19.1. The van der Waals surface area contributed by atoms with Gasteiger partial charge in [-0.3, -0.25) is 4.57 Å². The molecule has 0 amide bonds. The average Bonchev–Trinajstić information content (AvgIpc) is 3.61. The topological polar surface area (TPSA) is 42.0 Å². The molecular formula is C31H23Br2ClN5+. The molecule has 6 rings (SSSR count). The monoisotopic (exact) mass is 658 g/mol. The molecule has 1 unspecified atom stereocenters. The number of nitrogens with zero attached hydrogens (tertiary/aromatic N) is 5. The molecular weight excluding hydrogens is 638 g/mol. The summed E-state index contributed by atoms with van der Waals surface area (Å²) in [5, 5.41) is 14.9. The number of rotatable bonds is 7. The molecule has 1 aliphatic heterocycles. The van der Waals surface area contributed by atoms with E-state index in [-0.39, 0.29) is 4.59 Å². The minimum absolute atomic E-state index is 0.101. The van der Waals surface area contributed by atoms with Gasteiger partial charge in [-0.15, -0.1) is 0 Å². The Kier molecular flexibility index (Phi) is 7.08. The molecule has 5 nitrogen and oxygen atoms in total. The number of benzene rings is 4. The van der Waals surface area contributed by atoms with Crippen LogP contribution in [0.5, 0.6) is 0 Å². The average molecular weight is 661 g/mol. The number of hydrogen-bond donors (Lipinski definition) is 0. The van der Waals surface area contributed by atoms with E-state index in [1.54, 1.807) is 6.34 Å². The summed E-state index contributed by atoms with van der Waals surface area (Å²) in [6.45, 7) is 0. The Morgan fingerprint density at radius 2 is 1.26 bits per heavy atom. The highest BCUT2D eigenvalue weighted by Gasteiger charge is 2.61. The lowest BCUT2D eigenvalue weighted by Crippen LogP contribution is -2.60. The summed E-state index contributed by atoms with van der Waals surface area (Å²) in [5.74, 6) is 0.778. The van der Waals surface area contributed by atoms with Gasteiger partial charge in [0.15, 0.2) is 0 Å². The first kappa shape index (κ1) is 25.9. The highest BCUT2D eigenvalue weighted by atomic mass is 79.9. The molecule has 192 valence electrons. The summed E-state index contributed by atoms with van der Waals surface area (Å²) in [5.41, 5.74) is 4.30. The second-order valence-corrected chi connectivity index (χ2v) is 10.9. The lowest BCUT2D eigenvalue weighted by atomic mass is 9.75. The first-order valence-corrected chi connectivity index (χ1v) is 14.7. The second-order valence-electron chi connectivity index (χ2n) is 9.18. The van der Waals surface area contributed by atoms with Gasteiger partial charge in [-0.25, -0.2) is 0 Å². The van der Waals surface area contributed by atoms with Crippen molar-refractivity contribution >= 4 is 55.6 Å². The van der Waals surface area contributed by atoms with E-state index >= 15 is 0 Å². The molecule has 39 heavy (non-hydrogen) atoms. The van der Waals surface area contributed by atoms with Crippen molar-refractivity contribution in [1.29, 1.82) is 0 Å². The van der Waals surface area contributed by atoms with Gasteiger partial charge in [-0.1, -0.05) is 140 Å². The third kappa shape index (κ3) is 4.12. The lowest BCUT2D eigenvalue weighted by molar-refractivity contribution is 0.268. The fraction of sp³-hybridized carbons (Fsp3) is 0.0645. The maximum atomic E-state index is 6.87. The molecule has 0 radical (unpaired) electrons. The highest BCUT2D eigenvalue weighted by Crippen LogP contribution is 2.53. The SMILES string of the molecule is Clc1cc([N+]2(C(c3ccccc3)(c3ccccc3)c3ccccc3)C=NN=N2)n(-c2ccc(CBr)cc2)c1Br. The number of alkyl halides is 1. The molecule has 0 N–H and O–H groups in total. The van der Waals surface area contributed by atoms with Gasteiger partial charge in [0, 0.05) is 33.3 Å². The zero-order valence-corrected chi connectivity index (χ0v) is 24.6. The standard InChI is InChI=1S/C31H23Br2ClN5/c32-21-23-16-18-27(19-17-23)38-29(20-28(34)30(38)33)39(22-35-36-37-39)31(24-10-4-1-5-11-24,25-12-6-2-7-13-25)26-14-8-3-9-15-26/h1-20,22H,21H2/q+1. The maximum Gasteiger partial charge on any atom is 0.250 e. The predicted octanol–water partition coefficient (Wildman–Crippen LogP) is 9.41. The van der Waals surface area contributed by atoms with Gasteiger partial charge in [-0.2, -0.15) is 0 Å². The van der Waals surface area contributed by atoms with Crippen molar-refractivity contribution in [3.05, 3.63) is 153 Å². The van der Waals surface area contributed by atoms with E-state index in [0.717, 1.165) is 38.1 Å². The zero-order valence-electron chi connectivity index (χ0n) is 20.7. The Bertz CT molecular complexity index is 1540. The van der Waals surface area contributed by atoms with Crippen molar-refractivity contribution in [3.63, 3.8) is 0 Å². The van der Waals surface area contributed by atoms with Crippen molar-refractivity contribution in [1.82, 2.24) is 9.16 Å². The Balaban J connectivity index is 1.77. The fourth-order valence-electron chi connectivity index (χ4n) is 5.44. The number of quaternary nitrogens is 1. The molecule has 5 aromatic rings. The molecule has 0 fully saturated rings. The highest BCUT2D eigenvalue weighted by molar-refractivity contribution is 9.10. The summed E-state index contributed by atoms with van der Waals surface area (Å²) in [4.78, 5) is 0. The number of halogens is 3. The van der Waals surface area contributed by atoms with Crippen LogP contribution in [0.1, 0.15) is 22.3 Å². The van der Waals surface area contributed by atoms with Crippen LogP contribution in [0.25, 0.3) is 5.69 Å². The quantitative estimate of drug-likeness (QED) is 0.0949. The van der Waals surface area contributed by atoms with Gasteiger partial charge >= 0.3 is 0 Å². The molecule has 4 aromatic carbocycles. The van der Waals surface area contributed by atoms with Crippen LogP contribution in [-0.4, -0.2) is 10.9 Å². The molecule has 1 aromatic heterocycles. The van der Waals surface area contributed by atoms with E-state index in [2.05, 4.69) is 144 Å². The summed E-state index contributed by atoms with van der Waals surface area (Å²) in [6, 6.07) is 41.5. The minimum atomic E-state index is -0.901. The molecule has 8 heteroatoms. The van der Waals surface area contributed by atoms with E-state index in [1.165, 1.54) is 5.56 Å². The van der Waals surface area contributed by atoms with E-state index in [9.17, 15) is 0 Å². The van der Waals surface area contributed by atoms with Crippen LogP contribution < -0.4 is 4.59 Å². The lowest BCUT2D eigenvalue weighted by Gasteiger charge is -2.43. The summed E-state index contributed by atoms with van der Waals surface area (Å²) in [7, 11) is 0. The van der Waals surface area contributed by atoms with Crippen molar-refractivity contribution in [3.8, 4) is 5.69 Å². The molecule has 0 spiro atoms.